The number of nitrogens with zero attached hydrogens (tertiary/aromatic N) is 1. The largest absolute Gasteiger partial charge is 0.326 e. The summed E-state index contributed by atoms with van der Waals surface area (Å²) in [4.78, 5) is 27.2. The second kappa shape index (κ2) is 8.71. The van der Waals surface area contributed by atoms with E-state index in [2.05, 4.69) is 5.32 Å². The number of carbonyl (C=O) groups excluding carboxylic acids is 2. The Morgan fingerprint density at radius 1 is 1.14 bits per heavy atom. The van der Waals surface area contributed by atoms with Crippen molar-refractivity contribution in [1.29, 1.82) is 0 Å². The average Bonchev–Trinajstić information content (AvgIpc) is 2.90. The van der Waals surface area contributed by atoms with Crippen LogP contribution >= 0.6 is 24.0 Å². The van der Waals surface area contributed by atoms with Crippen LogP contribution < -0.4 is 5.32 Å². The molecule has 28 heavy (non-hydrogen) atoms. The fourth-order valence-corrected chi connectivity index (χ4v) is 4.49. The Morgan fingerprint density at radius 2 is 1.79 bits per heavy atom. The molecule has 4 nitrogen and oxygen atoms in total. The normalized spacial score (nSPS) is 15.4. The van der Waals surface area contributed by atoms with Gasteiger partial charge in [0.25, 0.3) is 5.91 Å². The summed E-state index contributed by atoms with van der Waals surface area (Å²) in [6, 6.07) is 13.7. The van der Waals surface area contributed by atoms with E-state index in [1.165, 1.54) is 16.7 Å². The van der Waals surface area contributed by atoms with Crippen LogP contribution in [0, 0.1) is 20.8 Å². The number of nitrogens with one attached hydrogen (secondary N) is 1. The van der Waals surface area contributed by atoms with Gasteiger partial charge in [0.15, 0.2) is 0 Å². The molecule has 1 fully saturated rings. The van der Waals surface area contributed by atoms with E-state index in [1.54, 1.807) is 0 Å². The van der Waals surface area contributed by atoms with Gasteiger partial charge in [-0.25, -0.2) is 0 Å². The lowest BCUT2D eigenvalue weighted by Crippen LogP contribution is -2.31. The molecule has 1 N–H and O–H groups in total. The number of rotatable bonds is 5. The number of aryl methyl sites for hydroxylation is 3. The number of hydrogen-bond acceptors (Lipinski definition) is 4. The summed E-state index contributed by atoms with van der Waals surface area (Å²) < 4.78 is 0.489. The molecule has 0 spiro atoms. The molecule has 2 amide bonds. The number of benzene rings is 2. The number of carbonyl (C=O) groups is 2. The smallest absolute Gasteiger partial charge is 0.266 e. The van der Waals surface area contributed by atoms with Crippen LogP contribution in [0.5, 0.6) is 0 Å². The van der Waals surface area contributed by atoms with Gasteiger partial charge in [-0.05, 0) is 43.5 Å². The lowest BCUT2D eigenvalue weighted by molar-refractivity contribution is -0.122. The van der Waals surface area contributed by atoms with Crippen LogP contribution in [0.4, 0.5) is 5.69 Å². The number of amides is 2. The molecule has 0 unspecified atom stereocenters. The molecule has 0 aliphatic carbocycles. The Morgan fingerprint density at radius 3 is 2.43 bits per heavy atom. The van der Waals surface area contributed by atoms with Gasteiger partial charge in [0, 0.05) is 18.7 Å². The lowest BCUT2D eigenvalue weighted by Gasteiger charge is -2.16. The van der Waals surface area contributed by atoms with Gasteiger partial charge in [0.1, 0.15) is 4.32 Å². The molecule has 6 heteroatoms. The molecular weight excluding hydrogens is 388 g/mol. The van der Waals surface area contributed by atoms with Crippen molar-refractivity contribution in [3.8, 4) is 0 Å². The molecule has 0 bridgehead atoms. The highest BCUT2D eigenvalue weighted by atomic mass is 32.2. The molecule has 2 aromatic rings. The molecule has 2 aromatic carbocycles. The summed E-state index contributed by atoms with van der Waals surface area (Å²) >= 11 is 6.62. The first-order valence-electron chi connectivity index (χ1n) is 9.03. The molecule has 0 atom stereocenters. The van der Waals surface area contributed by atoms with Crippen molar-refractivity contribution in [1.82, 2.24) is 4.90 Å². The Bertz CT molecular complexity index is 945. The summed E-state index contributed by atoms with van der Waals surface area (Å²) in [5.74, 6) is -0.273. The van der Waals surface area contributed by atoms with Gasteiger partial charge in [-0.2, -0.15) is 0 Å². The number of thiocarbonyl (C=S) groups is 1. The predicted molar refractivity (Wildman–Crippen MR) is 120 cm³/mol. The predicted octanol–water partition coefficient (Wildman–Crippen LogP) is 4.84. The Hall–Kier alpha value is -2.44. The molecule has 0 aromatic heterocycles. The van der Waals surface area contributed by atoms with Crippen molar-refractivity contribution in [3.63, 3.8) is 0 Å². The minimum absolute atomic E-state index is 0.129. The van der Waals surface area contributed by atoms with Crippen molar-refractivity contribution < 1.29 is 9.59 Å². The number of anilines is 1. The third-order valence-electron chi connectivity index (χ3n) is 4.47. The highest BCUT2D eigenvalue weighted by molar-refractivity contribution is 8.26. The van der Waals surface area contributed by atoms with Gasteiger partial charge in [0.05, 0.1) is 4.91 Å². The van der Waals surface area contributed by atoms with Gasteiger partial charge < -0.3 is 5.32 Å². The van der Waals surface area contributed by atoms with Crippen LogP contribution in [-0.4, -0.2) is 27.6 Å². The standard InChI is InChI=1S/C22H22N2O2S2/c1-14-11-15(2)20(16(3)12-14)23-19(25)9-10-24-21(26)18(28-22(24)27)13-17-7-5-4-6-8-17/h4-8,11-13H,9-10H2,1-3H3,(H,23,25)/b18-13-. The minimum Gasteiger partial charge on any atom is -0.326 e. The maximum atomic E-state index is 12.7. The zero-order chi connectivity index (χ0) is 20.3. The van der Waals surface area contributed by atoms with Crippen molar-refractivity contribution in [3.05, 3.63) is 69.6 Å². The van der Waals surface area contributed by atoms with Crippen LogP contribution in [0.15, 0.2) is 47.4 Å². The van der Waals surface area contributed by atoms with E-state index in [-0.39, 0.29) is 24.8 Å². The molecule has 1 heterocycles. The maximum Gasteiger partial charge on any atom is 0.266 e. The molecule has 144 valence electrons. The fourth-order valence-electron chi connectivity index (χ4n) is 3.19. The quantitative estimate of drug-likeness (QED) is 0.566. The van der Waals surface area contributed by atoms with Crippen LogP contribution in [0.2, 0.25) is 0 Å². The molecule has 3 rings (SSSR count). The Kier molecular flexibility index (Phi) is 6.31. The van der Waals surface area contributed by atoms with Crippen molar-refractivity contribution in [2.24, 2.45) is 0 Å². The summed E-state index contributed by atoms with van der Waals surface area (Å²) in [6.07, 6.45) is 2.02. The topological polar surface area (TPSA) is 49.4 Å². The van der Waals surface area contributed by atoms with E-state index in [9.17, 15) is 9.59 Å². The summed E-state index contributed by atoms with van der Waals surface area (Å²) in [5, 5.41) is 2.97. The SMILES string of the molecule is Cc1cc(C)c(NC(=O)CCN2C(=O)/C(=C/c3ccccc3)SC2=S)c(C)c1. The summed E-state index contributed by atoms with van der Waals surface area (Å²) in [6.45, 7) is 6.26. The first-order chi connectivity index (χ1) is 13.3. The fraction of sp³-hybridized carbons (Fsp3) is 0.227. The highest BCUT2D eigenvalue weighted by Gasteiger charge is 2.32. The number of thioether (sulfide) groups is 1. The van der Waals surface area contributed by atoms with Gasteiger partial charge in [-0.15, -0.1) is 0 Å². The zero-order valence-corrected chi connectivity index (χ0v) is 17.7. The number of hydrogen-bond donors (Lipinski definition) is 1. The van der Waals surface area contributed by atoms with Gasteiger partial charge in [-0.1, -0.05) is 72.0 Å². The van der Waals surface area contributed by atoms with Gasteiger partial charge in [-0.3, -0.25) is 14.5 Å². The first kappa shape index (κ1) is 20.3. The Balaban J connectivity index is 1.63. The lowest BCUT2D eigenvalue weighted by atomic mass is 10.1. The molecule has 1 aliphatic heterocycles. The van der Waals surface area contributed by atoms with Crippen molar-refractivity contribution in [2.75, 3.05) is 11.9 Å². The molecule has 1 aliphatic rings. The van der Waals surface area contributed by atoms with E-state index < -0.39 is 0 Å². The van der Waals surface area contributed by atoms with Crippen molar-refractivity contribution in [2.45, 2.75) is 27.2 Å². The monoisotopic (exact) mass is 410 g/mol. The molecule has 0 radical (unpaired) electrons. The van der Waals surface area contributed by atoms with Gasteiger partial charge in [0.2, 0.25) is 5.91 Å². The second-order valence-electron chi connectivity index (χ2n) is 6.82. The van der Waals surface area contributed by atoms with Gasteiger partial charge >= 0.3 is 0 Å². The molecular formula is C22H22N2O2S2. The summed E-state index contributed by atoms with van der Waals surface area (Å²) in [5.41, 5.74) is 5.01. The van der Waals surface area contributed by atoms with Crippen LogP contribution in [-0.2, 0) is 9.59 Å². The van der Waals surface area contributed by atoms with E-state index in [1.807, 2.05) is 69.3 Å². The Labute approximate surface area is 175 Å². The van der Waals surface area contributed by atoms with E-state index in [0.717, 1.165) is 27.9 Å². The van der Waals surface area contributed by atoms with Crippen LogP contribution in [0.1, 0.15) is 28.7 Å². The van der Waals surface area contributed by atoms with Crippen molar-refractivity contribution >= 4 is 51.9 Å². The summed E-state index contributed by atoms with van der Waals surface area (Å²) in [7, 11) is 0. The maximum absolute atomic E-state index is 12.7. The van der Waals surface area contributed by atoms with Crippen LogP contribution in [0.25, 0.3) is 6.08 Å². The van der Waals surface area contributed by atoms with E-state index in [0.29, 0.717) is 9.23 Å². The molecule has 0 saturated carbocycles. The third kappa shape index (κ3) is 4.69. The van der Waals surface area contributed by atoms with E-state index in [4.69, 9.17) is 12.2 Å². The van der Waals surface area contributed by atoms with E-state index >= 15 is 0 Å². The minimum atomic E-state index is -0.144. The first-order valence-corrected chi connectivity index (χ1v) is 10.3. The average molecular weight is 411 g/mol. The third-order valence-corrected chi connectivity index (χ3v) is 5.85. The highest BCUT2D eigenvalue weighted by Crippen LogP contribution is 2.32. The zero-order valence-electron chi connectivity index (χ0n) is 16.1. The van der Waals surface area contributed by atoms with Crippen LogP contribution in [0.3, 0.4) is 0 Å². The molecule has 1 saturated heterocycles. The second-order valence-corrected chi connectivity index (χ2v) is 8.49.